The Hall–Kier alpha value is -2.69. The van der Waals surface area contributed by atoms with Crippen LogP contribution in [0.25, 0.3) is 0 Å². The molecule has 0 bridgehead atoms. The first-order valence-corrected chi connectivity index (χ1v) is 11.7. The predicted octanol–water partition coefficient (Wildman–Crippen LogP) is 4.47. The van der Waals surface area contributed by atoms with Gasteiger partial charge in [0.05, 0.1) is 17.5 Å². The van der Waals surface area contributed by atoms with E-state index in [-0.39, 0.29) is 36.8 Å². The molecule has 1 aromatic rings. The van der Waals surface area contributed by atoms with Gasteiger partial charge in [0, 0.05) is 30.3 Å². The molecule has 2 heterocycles. The van der Waals surface area contributed by atoms with Gasteiger partial charge in [-0.25, -0.2) is 4.79 Å². The van der Waals surface area contributed by atoms with E-state index in [2.05, 4.69) is 5.32 Å². The van der Waals surface area contributed by atoms with E-state index in [0.29, 0.717) is 12.8 Å². The molecule has 194 valence electrons. The molecule has 0 aliphatic carbocycles. The maximum atomic E-state index is 13.3. The van der Waals surface area contributed by atoms with Crippen molar-refractivity contribution in [2.45, 2.75) is 63.9 Å². The largest absolute Gasteiger partial charge is 0.481 e. The van der Waals surface area contributed by atoms with Gasteiger partial charge in [-0.15, -0.1) is 0 Å². The van der Waals surface area contributed by atoms with E-state index in [1.54, 1.807) is 20.8 Å². The SMILES string of the molecule is CC(C)(C)OC(=O)N1CC[C@H](C(=O)O)[C@@H](N2CCC[C@@H](Nc3cc(Cl)cc(C(F)(F)F)c3)C2=O)C1. The molecule has 2 saturated heterocycles. The number of alkyl halides is 3. The number of likely N-dealkylation sites (tertiary alicyclic amines) is 2. The highest BCUT2D eigenvalue weighted by atomic mass is 35.5. The van der Waals surface area contributed by atoms with Crippen molar-refractivity contribution in [2.75, 3.05) is 25.0 Å². The minimum Gasteiger partial charge on any atom is -0.481 e. The summed E-state index contributed by atoms with van der Waals surface area (Å²) in [6, 6.07) is 1.31. The van der Waals surface area contributed by atoms with Gasteiger partial charge in [-0.3, -0.25) is 9.59 Å². The monoisotopic (exact) mass is 519 g/mol. The van der Waals surface area contributed by atoms with Crippen LogP contribution in [-0.2, 0) is 20.5 Å². The highest BCUT2D eigenvalue weighted by Gasteiger charge is 2.44. The molecular formula is C23H29ClF3N3O5. The van der Waals surface area contributed by atoms with Crippen LogP contribution in [0.15, 0.2) is 18.2 Å². The van der Waals surface area contributed by atoms with Gasteiger partial charge >= 0.3 is 18.2 Å². The van der Waals surface area contributed by atoms with E-state index in [1.807, 2.05) is 0 Å². The zero-order valence-corrected chi connectivity index (χ0v) is 20.4. The second kappa shape index (κ2) is 10.1. The van der Waals surface area contributed by atoms with Crippen LogP contribution in [0.5, 0.6) is 0 Å². The number of benzene rings is 1. The third kappa shape index (κ3) is 6.71. The number of carboxylic acid groups (broad SMARTS) is 1. The smallest absolute Gasteiger partial charge is 0.416 e. The summed E-state index contributed by atoms with van der Waals surface area (Å²) in [5, 5.41) is 12.5. The van der Waals surface area contributed by atoms with Crippen LogP contribution in [0.1, 0.15) is 45.6 Å². The Bertz CT molecular complexity index is 982. The first-order valence-electron chi connectivity index (χ1n) is 11.3. The molecule has 1 aromatic carbocycles. The highest BCUT2D eigenvalue weighted by Crippen LogP contribution is 2.34. The van der Waals surface area contributed by atoms with Crippen molar-refractivity contribution < 1.29 is 37.4 Å². The number of anilines is 1. The molecule has 3 rings (SSSR count). The number of carboxylic acids is 1. The quantitative estimate of drug-likeness (QED) is 0.609. The molecule has 0 saturated carbocycles. The number of aliphatic carboxylic acids is 1. The number of nitrogens with zero attached hydrogens (tertiary/aromatic N) is 2. The Morgan fingerprint density at radius 1 is 1.14 bits per heavy atom. The van der Waals surface area contributed by atoms with Gasteiger partial charge in [0.25, 0.3) is 0 Å². The zero-order chi connectivity index (χ0) is 26.1. The predicted molar refractivity (Wildman–Crippen MR) is 122 cm³/mol. The number of hydrogen-bond donors (Lipinski definition) is 2. The van der Waals surface area contributed by atoms with Gasteiger partial charge in [-0.2, -0.15) is 13.2 Å². The summed E-state index contributed by atoms with van der Waals surface area (Å²) >= 11 is 5.86. The minimum absolute atomic E-state index is 0.0142. The van der Waals surface area contributed by atoms with Gasteiger partial charge in [0.2, 0.25) is 5.91 Å². The van der Waals surface area contributed by atoms with Crippen LogP contribution in [0.3, 0.4) is 0 Å². The van der Waals surface area contributed by atoms with Gasteiger partial charge in [-0.05, 0) is 58.2 Å². The maximum Gasteiger partial charge on any atom is 0.416 e. The molecule has 12 heteroatoms. The number of carbonyl (C=O) groups is 3. The van der Waals surface area contributed by atoms with Gasteiger partial charge in [-0.1, -0.05) is 11.6 Å². The van der Waals surface area contributed by atoms with Crippen LogP contribution in [0.4, 0.5) is 23.7 Å². The molecule has 0 radical (unpaired) electrons. The number of hydrogen-bond acceptors (Lipinski definition) is 5. The van der Waals surface area contributed by atoms with Crippen molar-refractivity contribution in [1.82, 2.24) is 9.80 Å². The van der Waals surface area contributed by atoms with Crippen LogP contribution < -0.4 is 5.32 Å². The van der Waals surface area contributed by atoms with E-state index in [9.17, 15) is 32.7 Å². The van der Waals surface area contributed by atoms with Gasteiger partial charge in [0.15, 0.2) is 0 Å². The molecule has 0 spiro atoms. The van der Waals surface area contributed by atoms with Crippen molar-refractivity contribution >= 4 is 35.3 Å². The van der Waals surface area contributed by atoms with Crippen molar-refractivity contribution in [1.29, 1.82) is 0 Å². The molecule has 8 nitrogen and oxygen atoms in total. The topological polar surface area (TPSA) is 99.2 Å². The summed E-state index contributed by atoms with van der Waals surface area (Å²) in [7, 11) is 0. The summed E-state index contributed by atoms with van der Waals surface area (Å²) in [6.45, 7) is 5.59. The number of halogens is 4. The molecule has 2 N–H and O–H groups in total. The lowest BCUT2D eigenvalue weighted by atomic mass is 9.88. The van der Waals surface area contributed by atoms with Crippen LogP contribution >= 0.6 is 11.6 Å². The van der Waals surface area contributed by atoms with Gasteiger partial charge in [0.1, 0.15) is 11.6 Å². The van der Waals surface area contributed by atoms with Crippen LogP contribution in [-0.4, -0.2) is 70.2 Å². The Balaban J connectivity index is 1.80. The lowest BCUT2D eigenvalue weighted by molar-refractivity contribution is -0.151. The third-order valence-corrected chi connectivity index (χ3v) is 6.21. The summed E-state index contributed by atoms with van der Waals surface area (Å²) in [6.07, 6.45) is -4.20. The molecule has 2 aliphatic heterocycles. The number of piperidine rings is 2. The van der Waals surface area contributed by atoms with Crippen molar-refractivity contribution in [2.24, 2.45) is 5.92 Å². The molecule has 0 aromatic heterocycles. The fraction of sp³-hybridized carbons (Fsp3) is 0.609. The minimum atomic E-state index is -4.61. The number of rotatable bonds is 4. The lowest BCUT2D eigenvalue weighted by Crippen LogP contribution is -2.61. The van der Waals surface area contributed by atoms with E-state index >= 15 is 0 Å². The van der Waals surface area contributed by atoms with E-state index < -0.39 is 53.3 Å². The van der Waals surface area contributed by atoms with Crippen LogP contribution in [0.2, 0.25) is 5.02 Å². The fourth-order valence-electron chi connectivity index (χ4n) is 4.43. The lowest BCUT2D eigenvalue weighted by Gasteiger charge is -2.45. The standard InChI is InChI=1S/C23H29ClF3N3O5/c1-22(2,3)35-21(34)29-8-6-16(20(32)33)18(12-29)30-7-4-5-17(19(30)31)28-15-10-13(23(25,26)27)9-14(24)11-15/h9-11,16-18,28H,4-8,12H2,1-3H3,(H,32,33)/t16-,17+,18-/m0/s1. The number of nitrogens with one attached hydrogen (secondary N) is 1. The highest BCUT2D eigenvalue weighted by molar-refractivity contribution is 6.31. The Morgan fingerprint density at radius 3 is 2.43 bits per heavy atom. The normalized spacial score (nSPS) is 23.7. The summed E-state index contributed by atoms with van der Waals surface area (Å²) in [5.41, 5.74) is -1.64. The van der Waals surface area contributed by atoms with Crippen LogP contribution in [0, 0.1) is 5.92 Å². The summed E-state index contributed by atoms with van der Waals surface area (Å²) < 4.78 is 44.9. The van der Waals surface area contributed by atoms with E-state index in [1.165, 1.54) is 15.9 Å². The number of amides is 2. The Morgan fingerprint density at radius 2 is 1.83 bits per heavy atom. The molecule has 2 fully saturated rings. The molecule has 2 amide bonds. The molecular weight excluding hydrogens is 491 g/mol. The zero-order valence-electron chi connectivity index (χ0n) is 19.7. The fourth-order valence-corrected chi connectivity index (χ4v) is 4.66. The van der Waals surface area contributed by atoms with Crippen molar-refractivity contribution in [3.05, 3.63) is 28.8 Å². The summed E-state index contributed by atoms with van der Waals surface area (Å²) in [4.78, 5) is 40.7. The molecule has 2 aliphatic rings. The van der Waals surface area contributed by atoms with E-state index in [0.717, 1.165) is 12.1 Å². The molecule has 3 atom stereocenters. The Labute approximate surface area is 206 Å². The number of ether oxygens (including phenoxy) is 1. The number of carbonyl (C=O) groups excluding carboxylic acids is 2. The first kappa shape index (κ1) is 26.9. The molecule has 0 unspecified atom stereocenters. The average molecular weight is 520 g/mol. The van der Waals surface area contributed by atoms with Crippen molar-refractivity contribution in [3.63, 3.8) is 0 Å². The first-order chi connectivity index (χ1) is 16.2. The molecule has 35 heavy (non-hydrogen) atoms. The average Bonchev–Trinajstić information content (AvgIpc) is 2.72. The van der Waals surface area contributed by atoms with Gasteiger partial charge < -0.3 is 25.0 Å². The third-order valence-electron chi connectivity index (χ3n) is 5.99. The van der Waals surface area contributed by atoms with Crippen molar-refractivity contribution in [3.8, 4) is 0 Å². The maximum absolute atomic E-state index is 13.3. The van der Waals surface area contributed by atoms with E-state index in [4.69, 9.17) is 16.3 Å². The Kier molecular flexibility index (Phi) is 7.78. The second-order valence-electron chi connectivity index (χ2n) is 9.82. The second-order valence-corrected chi connectivity index (χ2v) is 10.3. The summed E-state index contributed by atoms with van der Waals surface area (Å²) in [5.74, 6) is -2.40.